The van der Waals surface area contributed by atoms with E-state index in [2.05, 4.69) is 0 Å². The topological polar surface area (TPSA) is 104 Å². The lowest BCUT2D eigenvalue weighted by atomic mass is 9.49. The number of allylic oxidation sites excluding steroid dienone is 2. The Bertz CT molecular complexity index is 1740. The first-order chi connectivity index (χ1) is 20.7. The average Bonchev–Trinajstić information content (AvgIpc) is 3.38. The standard InChI is InChI=1S/C34H29ClN2O6/c1-36-30(39)22-15-14-21-24(27(22)32(36)41)17-25-31(40)37(20-11-6-10-19(35)16-20)33(42)34(25,18-8-4-3-5-9-18)28(21)23-12-7-13-26(43-2)29(23)38/h3-14,16,22,24-25,27-28,38H,15,17H2,1-2H3. The largest absolute Gasteiger partial charge is 0.504 e. The first kappa shape index (κ1) is 27.4. The summed E-state index contributed by atoms with van der Waals surface area (Å²) in [6.45, 7) is 0. The van der Waals surface area contributed by atoms with E-state index in [0.29, 0.717) is 28.3 Å². The molecule has 3 fully saturated rings. The molecule has 2 saturated heterocycles. The van der Waals surface area contributed by atoms with Crippen molar-refractivity contribution >= 4 is 40.9 Å². The number of halogens is 1. The molecule has 2 aliphatic heterocycles. The number of hydrogen-bond donors (Lipinski definition) is 1. The van der Waals surface area contributed by atoms with Gasteiger partial charge in [-0.25, -0.2) is 4.90 Å². The van der Waals surface area contributed by atoms with Gasteiger partial charge in [0.15, 0.2) is 11.5 Å². The van der Waals surface area contributed by atoms with E-state index in [1.165, 1.54) is 24.0 Å². The number of likely N-dealkylation sites (tertiary alicyclic amines) is 1. The second-order valence-electron chi connectivity index (χ2n) is 11.7. The van der Waals surface area contributed by atoms with Crippen LogP contribution in [0.5, 0.6) is 11.5 Å². The van der Waals surface area contributed by atoms with Gasteiger partial charge in [0.25, 0.3) is 0 Å². The number of benzene rings is 3. The van der Waals surface area contributed by atoms with Gasteiger partial charge in [-0.3, -0.25) is 24.1 Å². The smallest absolute Gasteiger partial charge is 0.246 e. The fourth-order valence-corrected chi connectivity index (χ4v) is 8.37. The Labute approximate surface area is 253 Å². The van der Waals surface area contributed by atoms with Crippen LogP contribution in [0.15, 0.2) is 84.4 Å². The number of carbonyl (C=O) groups excluding carboxylic acids is 4. The lowest BCUT2D eigenvalue weighted by molar-refractivity contribution is -0.138. The van der Waals surface area contributed by atoms with Crippen LogP contribution >= 0.6 is 11.6 Å². The molecule has 4 amide bonds. The molecular weight excluding hydrogens is 568 g/mol. The summed E-state index contributed by atoms with van der Waals surface area (Å²) in [6.07, 6.45) is 2.47. The highest BCUT2D eigenvalue weighted by Crippen LogP contribution is 2.65. The number of aromatic hydroxyl groups is 1. The minimum absolute atomic E-state index is 0.139. The molecule has 6 atom stereocenters. The highest BCUT2D eigenvalue weighted by Gasteiger charge is 2.70. The van der Waals surface area contributed by atoms with Gasteiger partial charge in [0.2, 0.25) is 23.6 Å². The summed E-state index contributed by atoms with van der Waals surface area (Å²) in [5.74, 6) is -4.69. The Morgan fingerprint density at radius 1 is 0.907 bits per heavy atom. The third kappa shape index (κ3) is 3.62. The number of para-hydroxylation sites is 1. The molecule has 9 heteroatoms. The normalized spacial score (nSPS) is 29.7. The van der Waals surface area contributed by atoms with E-state index in [0.717, 1.165) is 5.57 Å². The van der Waals surface area contributed by atoms with Crippen LogP contribution < -0.4 is 9.64 Å². The fraction of sp³-hybridized carbons (Fsp3) is 0.294. The maximum Gasteiger partial charge on any atom is 0.246 e. The maximum absolute atomic E-state index is 15.1. The molecule has 7 rings (SSSR count). The van der Waals surface area contributed by atoms with Gasteiger partial charge < -0.3 is 9.84 Å². The number of imide groups is 2. The highest BCUT2D eigenvalue weighted by atomic mass is 35.5. The number of nitrogens with zero attached hydrogens (tertiary/aromatic N) is 2. The first-order valence-corrected chi connectivity index (χ1v) is 14.7. The second-order valence-corrected chi connectivity index (χ2v) is 12.2. The van der Waals surface area contributed by atoms with Crippen LogP contribution in [-0.2, 0) is 24.6 Å². The number of methoxy groups -OCH3 is 1. The molecule has 1 saturated carbocycles. The Balaban J connectivity index is 1.54. The molecular formula is C34H29ClN2O6. The van der Waals surface area contributed by atoms with Crippen molar-refractivity contribution in [1.29, 1.82) is 0 Å². The molecule has 218 valence electrons. The van der Waals surface area contributed by atoms with E-state index in [-0.39, 0.29) is 29.7 Å². The first-order valence-electron chi connectivity index (χ1n) is 14.3. The predicted octanol–water partition coefficient (Wildman–Crippen LogP) is 4.85. The van der Waals surface area contributed by atoms with E-state index in [4.69, 9.17) is 16.3 Å². The summed E-state index contributed by atoms with van der Waals surface area (Å²) in [4.78, 5) is 58.7. The number of carbonyl (C=O) groups is 4. The monoisotopic (exact) mass is 596 g/mol. The van der Waals surface area contributed by atoms with Crippen LogP contribution in [0.3, 0.4) is 0 Å². The Morgan fingerprint density at radius 3 is 2.37 bits per heavy atom. The number of rotatable bonds is 4. The third-order valence-corrected chi connectivity index (χ3v) is 10.2. The highest BCUT2D eigenvalue weighted by molar-refractivity contribution is 6.32. The molecule has 3 aromatic carbocycles. The van der Waals surface area contributed by atoms with Crippen LogP contribution in [0.2, 0.25) is 5.02 Å². The lowest BCUT2D eigenvalue weighted by Crippen LogP contribution is -2.53. The van der Waals surface area contributed by atoms with Crippen molar-refractivity contribution in [2.45, 2.75) is 24.2 Å². The summed E-state index contributed by atoms with van der Waals surface area (Å²) in [5, 5.41) is 12.0. The van der Waals surface area contributed by atoms with Crippen molar-refractivity contribution in [3.05, 3.63) is 101 Å². The quantitative estimate of drug-likeness (QED) is 0.341. The van der Waals surface area contributed by atoms with E-state index in [1.54, 1.807) is 42.5 Å². The maximum atomic E-state index is 15.1. The Morgan fingerprint density at radius 2 is 1.65 bits per heavy atom. The van der Waals surface area contributed by atoms with E-state index in [1.807, 2.05) is 36.4 Å². The number of hydrogen-bond acceptors (Lipinski definition) is 6. The molecule has 8 nitrogen and oxygen atoms in total. The van der Waals surface area contributed by atoms with Gasteiger partial charge in [0.05, 0.1) is 36.0 Å². The second kappa shape index (κ2) is 9.81. The van der Waals surface area contributed by atoms with Gasteiger partial charge >= 0.3 is 0 Å². The summed E-state index contributed by atoms with van der Waals surface area (Å²) in [6, 6.07) is 20.9. The Hall–Kier alpha value is -4.43. The van der Waals surface area contributed by atoms with Gasteiger partial charge in [0.1, 0.15) is 0 Å². The summed E-state index contributed by atoms with van der Waals surface area (Å²) in [7, 11) is 2.95. The van der Waals surface area contributed by atoms with E-state index >= 15 is 4.79 Å². The minimum atomic E-state index is -1.46. The van der Waals surface area contributed by atoms with Crippen molar-refractivity contribution in [3.8, 4) is 11.5 Å². The zero-order valence-electron chi connectivity index (χ0n) is 23.6. The number of ether oxygens (including phenoxy) is 1. The summed E-state index contributed by atoms with van der Waals surface area (Å²) in [5.41, 5.74) is 0.708. The van der Waals surface area contributed by atoms with E-state index in [9.17, 15) is 19.5 Å². The molecule has 0 aromatic heterocycles. The fourth-order valence-electron chi connectivity index (χ4n) is 8.18. The Kier molecular flexibility index (Phi) is 6.25. The van der Waals surface area contributed by atoms with Gasteiger partial charge in [-0.05, 0) is 48.6 Å². The van der Waals surface area contributed by atoms with Crippen LogP contribution in [0.25, 0.3) is 0 Å². The third-order valence-electron chi connectivity index (χ3n) is 9.95. The van der Waals surface area contributed by atoms with Crippen LogP contribution in [0.1, 0.15) is 29.9 Å². The molecule has 6 unspecified atom stereocenters. The van der Waals surface area contributed by atoms with Gasteiger partial charge in [-0.2, -0.15) is 0 Å². The molecule has 1 N–H and O–H groups in total. The number of phenolic OH excluding ortho intramolecular Hbond substituents is 1. The summed E-state index contributed by atoms with van der Waals surface area (Å²) < 4.78 is 5.48. The number of anilines is 1. The van der Waals surface area contributed by atoms with Crippen LogP contribution in [-0.4, -0.2) is 47.8 Å². The van der Waals surface area contributed by atoms with Crippen molar-refractivity contribution in [3.63, 3.8) is 0 Å². The molecule has 2 aliphatic carbocycles. The van der Waals surface area contributed by atoms with Crippen molar-refractivity contribution in [1.82, 2.24) is 4.90 Å². The molecule has 0 bridgehead atoms. The number of fused-ring (bicyclic) bond motifs is 4. The molecule has 43 heavy (non-hydrogen) atoms. The van der Waals surface area contributed by atoms with Crippen molar-refractivity contribution < 1.29 is 29.0 Å². The zero-order chi connectivity index (χ0) is 30.2. The van der Waals surface area contributed by atoms with Crippen molar-refractivity contribution in [2.75, 3.05) is 19.1 Å². The average molecular weight is 597 g/mol. The van der Waals surface area contributed by atoms with Gasteiger partial charge in [-0.1, -0.05) is 71.8 Å². The molecule has 3 aromatic rings. The molecule has 0 radical (unpaired) electrons. The van der Waals surface area contributed by atoms with Gasteiger partial charge in [0, 0.05) is 23.6 Å². The number of amides is 4. The molecule has 2 heterocycles. The SMILES string of the molecule is COc1cccc(C2C3=CCC4C(=O)N(C)C(=O)C4C3CC3C(=O)N(c4cccc(Cl)c4)C(=O)C32c2ccccc2)c1O. The number of phenols is 1. The van der Waals surface area contributed by atoms with Crippen molar-refractivity contribution in [2.24, 2.45) is 23.7 Å². The molecule has 4 aliphatic rings. The summed E-state index contributed by atoms with van der Waals surface area (Å²) >= 11 is 6.33. The lowest BCUT2D eigenvalue weighted by Gasteiger charge is -2.50. The predicted molar refractivity (Wildman–Crippen MR) is 159 cm³/mol. The zero-order valence-corrected chi connectivity index (χ0v) is 24.3. The van der Waals surface area contributed by atoms with Crippen LogP contribution in [0.4, 0.5) is 5.69 Å². The minimum Gasteiger partial charge on any atom is -0.504 e. The van der Waals surface area contributed by atoms with Crippen LogP contribution in [0, 0.1) is 23.7 Å². The van der Waals surface area contributed by atoms with Gasteiger partial charge in [-0.15, -0.1) is 0 Å². The molecule has 0 spiro atoms. The van der Waals surface area contributed by atoms with E-state index < -0.39 is 46.8 Å².